The van der Waals surface area contributed by atoms with Crippen molar-refractivity contribution in [1.82, 2.24) is 10.4 Å². The summed E-state index contributed by atoms with van der Waals surface area (Å²) in [6, 6.07) is 9.40. The van der Waals surface area contributed by atoms with Gasteiger partial charge in [-0.05, 0) is 52.3 Å². The zero-order chi connectivity index (χ0) is 16.3. The van der Waals surface area contributed by atoms with Crippen molar-refractivity contribution in [3.05, 3.63) is 45.7 Å². The minimum absolute atomic E-state index is 0.216. The molecule has 2 aromatic rings. The molecule has 0 fully saturated rings. The predicted molar refractivity (Wildman–Crippen MR) is 90.4 cm³/mol. The Morgan fingerprint density at radius 3 is 2.27 bits per heavy atom. The molecule has 0 radical (unpaired) electrons. The minimum atomic E-state index is -3.61. The summed E-state index contributed by atoms with van der Waals surface area (Å²) in [5.74, 6) is -0.262. The Bertz CT molecular complexity index is 770. The Morgan fingerprint density at radius 1 is 1.14 bits per heavy atom. The van der Waals surface area contributed by atoms with Gasteiger partial charge in [-0.3, -0.25) is 14.9 Å². The summed E-state index contributed by atoms with van der Waals surface area (Å²) in [6.07, 6.45) is 0. The molecular weight excluding hydrogens is 390 g/mol. The van der Waals surface area contributed by atoms with Crippen molar-refractivity contribution in [3.63, 3.8) is 0 Å². The van der Waals surface area contributed by atoms with Crippen LogP contribution in [-0.2, 0) is 10.0 Å². The lowest BCUT2D eigenvalue weighted by molar-refractivity contribution is 0.0857. The lowest BCUT2D eigenvalue weighted by atomic mass is 10.2. The van der Waals surface area contributed by atoms with Crippen molar-refractivity contribution >= 4 is 48.9 Å². The first-order chi connectivity index (χ1) is 10.3. The molecule has 0 aliphatic carbocycles. The third-order valence-corrected chi connectivity index (χ3v) is 6.03. The molecule has 1 aromatic heterocycles. The first kappa shape index (κ1) is 16.9. The molecule has 0 atom stereocenters. The van der Waals surface area contributed by atoms with Crippen molar-refractivity contribution in [2.45, 2.75) is 4.21 Å². The molecule has 0 aliphatic heterocycles. The van der Waals surface area contributed by atoms with Crippen molar-refractivity contribution in [2.75, 3.05) is 18.8 Å². The lowest BCUT2D eigenvalue weighted by Gasteiger charge is -2.12. The van der Waals surface area contributed by atoms with E-state index in [0.29, 0.717) is 11.3 Å². The van der Waals surface area contributed by atoms with Crippen LogP contribution in [-0.4, -0.2) is 33.4 Å². The highest BCUT2D eigenvalue weighted by Gasteiger charge is 2.16. The van der Waals surface area contributed by atoms with E-state index < -0.39 is 10.0 Å². The van der Waals surface area contributed by atoms with E-state index in [0.717, 1.165) is 15.1 Å². The predicted octanol–water partition coefficient (Wildman–Crippen LogP) is 2.52. The molecule has 0 bridgehead atoms. The summed E-state index contributed by atoms with van der Waals surface area (Å²) in [7, 11) is -0.199. The van der Waals surface area contributed by atoms with Gasteiger partial charge in [0, 0.05) is 25.3 Å². The summed E-state index contributed by atoms with van der Waals surface area (Å²) in [4.78, 5) is 11.8. The Kier molecular flexibility index (Phi) is 5.22. The van der Waals surface area contributed by atoms with Crippen LogP contribution in [0.4, 0.5) is 5.69 Å². The number of nitrogens with zero attached hydrogens (tertiary/aromatic N) is 1. The van der Waals surface area contributed by atoms with Gasteiger partial charge in [0.1, 0.15) is 4.21 Å². The fourth-order valence-corrected chi connectivity index (χ4v) is 4.67. The van der Waals surface area contributed by atoms with Crippen LogP contribution in [0.3, 0.4) is 0 Å². The molecule has 118 valence electrons. The van der Waals surface area contributed by atoms with E-state index in [1.165, 1.54) is 11.1 Å². The number of benzene rings is 1. The molecule has 9 heteroatoms. The van der Waals surface area contributed by atoms with Crippen LogP contribution in [0.1, 0.15) is 10.4 Å². The van der Waals surface area contributed by atoms with Gasteiger partial charge in [-0.1, -0.05) is 0 Å². The summed E-state index contributed by atoms with van der Waals surface area (Å²) in [6.45, 7) is 0. The fraction of sp³-hybridized carbons (Fsp3) is 0.154. The Hall–Kier alpha value is -1.42. The summed E-state index contributed by atoms with van der Waals surface area (Å²) < 4.78 is 27.8. The molecule has 0 aliphatic rings. The second kappa shape index (κ2) is 6.78. The highest BCUT2D eigenvalue weighted by molar-refractivity contribution is 9.11. The van der Waals surface area contributed by atoms with E-state index in [-0.39, 0.29) is 10.1 Å². The monoisotopic (exact) mass is 403 g/mol. The number of thiophene rings is 1. The van der Waals surface area contributed by atoms with Gasteiger partial charge in [0.15, 0.2) is 0 Å². The molecule has 1 heterocycles. The summed E-state index contributed by atoms with van der Waals surface area (Å²) in [5.41, 5.74) is 3.44. The standard InChI is InChI=1S/C13H14BrN3O3S2/c1-17(2)15-13(18)9-3-5-10(6-4-9)16-22(19,20)12-8-7-11(14)21-12/h3-8,16H,1-2H3,(H,15,18). The summed E-state index contributed by atoms with van der Waals surface area (Å²) >= 11 is 4.36. The number of rotatable bonds is 5. The maximum absolute atomic E-state index is 12.2. The maximum atomic E-state index is 12.2. The number of carbonyl (C=O) groups is 1. The van der Waals surface area contributed by atoms with Gasteiger partial charge in [0.25, 0.3) is 15.9 Å². The van der Waals surface area contributed by atoms with Crippen LogP contribution in [0, 0.1) is 0 Å². The number of carbonyl (C=O) groups excluding carboxylic acids is 1. The number of hydrogen-bond acceptors (Lipinski definition) is 5. The van der Waals surface area contributed by atoms with Gasteiger partial charge < -0.3 is 0 Å². The Balaban J connectivity index is 2.13. The van der Waals surface area contributed by atoms with E-state index in [1.807, 2.05) is 0 Å². The molecule has 1 amide bonds. The molecule has 0 unspecified atom stereocenters. The van der Waals surface area contributed by atoms with Gasteiger partial charge in [0.05, 0.1) is 3.79 Å². The SMILES string of the molecule is CN(C)NC(=O)c1ccc(NS(=O)(=O)c2ccc(Br)s2)cc1. The highest BCUT2D eigenvalue weighted by Crippen LogP contribution is 2.27. The van der Waals surface area contributed by atoms with Gasteiger partial charge in [-0.2, -0.15) is 0 Å². The molecule has 22 heavy (non-hydrogen) atoms. The van der Waals surface area contributed by atoms with Crippen LogP contribution in [0.25, 0.3) is 0 Å². The molecule has 2 N–H and O–H groups in total. The zero-order valence-electron chi connectivity index (χ0n) is 11.8. The van der Waals surface area contributed by atoms with Crippen LogP contribution < -0.4 is 10.1 Å². The van der Waals surface area contributed by atoms with E-state index in [9.17, 15) is 13.2 Å². The molecule has 2 rings (SSSR count). The normalized spacial score (nSPS) is 11.5. The van der Waals surface area contributed by atoms with Crippen molar-refractivity contribution in [2.24, 2.45) is 0 Å². The number of hydrogen-bond donors (Lipinski definition) is 2. The fourth-order valence-electron chi connectivity index (χ4n) is 1.60. The maximum Gasteiger partial charge on any atom is 0.271 e. The van der Waals surface area contributed by atoms with E-state index >= 15 is 0 Å². The van der Waals surface area contributed by atoms with Crippen LogP contribution in [0.2, 0.25) is 0 Å². The Labute approximate surface area is 141 Å². The number of halogens is 1. The van der Waals surface area contributed by atoms with Gasteiger partial charge in [0.2, 0.25) is 0 Å². The first-order valence-corrected chi connectivity index (χ1v) is 9.24. The minimum Gasteiger partial charge on any atom is -0.285 e. The number of sulfonamides is 1. The van der Waals surface area contributed by atoms with Crippen LogP contribution in [0.15, 0.2) is 44.4 Å². The van der Waals surface area contributed by atoms with Gasteiger partial charge in [-0.25, -0.2) is 13.4 Å². The first-order valence-electron chi connectivity index (χ1n) is 6.14. The molecular formula is C13H14BrN3O3S2. The number of hydrazine groups is 1. The Morgan fingerprint density at radius 2 is 1.77 bits per heavy atom. The number of amides is 1. The molecule has 6 nitrogen and oxygen atoms in total. The van der Waals surface area contributed by atoms with Gasteiger partial charge in [-0.15, -0.1) is 11.3 Å². The van der Waals surface area contributed by atoms with Gasteiger partial charge >= 0.3 is 0 Å². The average molecular weight is 404 g/mol. The number of anilines is 1. The quantitative estimate of drug-likeness (QED) is 0.751. The topological polar surface area (TPSA) is 78.5 Å². The average Bonchev–Trinajstić information content (AvgIpc) is 2.86. The largest absolute Gasteiger partial charge is 0.285 e. The molecule has 0 spiro atoms. The molecule has 0 saturated carbocycles. The second-order valence-electron chi connectivity index (χ2n) is 4.58. The van der Waals surface area contributed by atoms with Crippen molar-refractivity contribution in [3.8, 4) is 0 Å². The van der Waals surface area contributed by atoms with Crippen molar-refractivity contribution in [1.29, 1.82) is 0 Å². The second-order valence-corrected chi connectivity index (χ2v) is 8.95. The third-order valence-electron chi connectivity index (χ3n) is 2.54. The zero-order valence-corrected chi connectivity index (χ0v) is 15.0. The summed E-state index contributed by atoms with van der Waals surface area (Å²) in [5, 5.41) is 1.54. The third kappa shape index (κ3) is 4.29. The van der Waals surface area contributed by atoms with E-state index in [4.69, 9.17) is 0 Å². The molecule has 1 aromatic carbocycles. The van der Waals surface area contributed by atoms with Crippen LogP contribution in [0.5, 0.6) is 0 Å². The van der Waals surface area contributed by atoms with E-state index in [1.54, 1.807) is 44.4 Å². The number of nitrogens with one attached hydrogen (secondary N) is 2. The highest BCUT2D eigenvalue weighted by atomic mass is 79.9. The van der Waals surface area contributed by atoms with E-state index in [2.05, 4.69) is 26.1 Å². The molecule has 0 saturated heterocycles. The van der Waals surface area contributed by atoms with Crippen LogP contribution >= 0.6 is 27.3 Å². The smallest absolute Gasteiger partial charge is 0.271 e. The van der Waals surface area contributed by atoms with Crippen molar-refractivity contribution < 1.29 is 13.2 Å². The lowest BCUT2D eigenvalue weighted by Crippen LogP contribution is -2.36.